The van der Waals surface area contributed by atoms with Crippen molar-refractivity contribution in [3.8, 4) is 29.5 Å². The number of aromatic nitrogens is 2. The summed E-state index contributed by atoms with van der Waals surface area (Å²) >= 11 is 15.0. The van der Waals surface area contributed by atoms with Gasteiger partial charge < -0.3 is 0 Å². The fourth-order valence-electron chi connectivity index (χ4n) is 4.81. The molecule has 0 unspecified atom stereocenters. The van der Waals surface area contributed by atoms with Crippen molar-refractivity contribution in [1.29, 1.82) is 0 Å². The van der Waals surface area contributed by atoms with Gasteiger partial charge in [0.25, 0.3) is 0 Å². The average Bonchev–Trinajstić information content (AvgIpc) is 3.65. The summed E-state index contributed by atoms with van der Waals surface area (Å²) in [6, 6.07) is 4.82. The fraction of sp³-hybridized carbons (Fsp3) is 0.533. The predicted octanol–water partition coefficient (Wildman–Crippen LogP) is 12.3. The molecular weight excluding hydrogens is 705 g/mol. The van der Waals surface area contributed by atoms with E-state index in [1.807, 2.05) is 22.7 Å². The van der Waals surface area contributed by atoms with Gasteiger partial charge in [-0.25, -0.2) is 9.97 Å². The van der Waals surface area contributed by atoms with Crippen molar-refractivity contribution in [3.05, 3.63) is 37.3 Å². The average molecular weight is 745 g/mol. The largest absolute Gasteiger partial charge is 0.228 e. The normalized spacial score (nSPS) is 12.1. The van der Waals surface area contributed by atoms with Crippen LogP contribution in [0, 0.1) is 6.92 Å². The number of hydrogen-bond donors (Lipinski definition) is 0. The van der Waals surface area contributed by atoms with Gasteiger partial charge in [0.15, 0.2) is 0 Å². The predicted molar refractivity (Wildman–Crippen MR) is 189 cm³/mol. The lowest BCUT2D eigenvalue weighted by Gasteiger charge is -2.16. The summed E-state index contributed by atoms with van der Waals surface area (Å²) in [5, 5.41) is 2.21. The molecule has 0 aromatic carbocycles. The van der Waals surface area contributed by atoms with E-state index in [1.54, 1.807) is 32.7 Å². The van der Waals surface area contributed by atoms with Gasteiger partial charge >= 0.3 is 0 Å². The summed E-state index contributed by atoms with van der Waals surface area (Å²) in [4.78, 5) is 16.3. The van der Waals surface area contributed by atoms with Gasteiger partial charge in [0, 0.05) is 4.88 Å². The van der Waals surface area contributed by atoms with Gasteiger partial charge in [0.1, 0.15) is 19.2 Å². The molecule has 0 atom stereocenters. The minimum Gasteiger partial charge on any atom is -0.228 e. The first-order chi connectivity index (χ1) is 18.6. The van der Waals surface area contributed by atoms with Crippen LogP contribution in [0.4, 0.5) is 0 Å². The summed E-state index contributed by atoms with van der Waals surface area (Å²) in [7, 11) is -1.42. The highest BCUT2D eigenvalue weighted by Gasteiger charge is 2.26. The van der Waals surface area contributed by atoms with Crippen molar-refractivity contribution in [2.75, 3.05) is 0 Å². The minimum atomic E-state index is -1.42. The van der Waals surface area contributed by atoms with Crippen LogP contribution < -0.4 is 4.50 Å². The summed E-state index contributed by atoms with van der Waals surface area (Å²) < 4.78 is 3.48. The molecule has 0 saturated carbocycles. The van der Waals surface area contributed by atoms with Gasteiger partial charge in [-0.05, 0) is 92.2 Å². The molecule has 212 valence electrons. The Kier molecular flexibility index (Phi) is 11.7. The zero-order chi connectivity index (χ0) is 28.2. The zero-order valence-corrected chi connectivity index (χ0v) is 31.4. The molecule has 0 fully saturated rings. The summed E-state index contributed by atoms with van der Waals surface area (Å²) in [5.74, 6) is 0. The third-order valence-corrected chi connectivity index (χ3v) is 17.1. The number of thiazole rings is 2. The Morgan fingerprint density at radius 1 is 0.667 bits per heavy atom. The minimum absolute atomic E-state index is 0.916. The van der Waals surface area contributed by atoms with Gasteiger partial charge in [-0.15, -0.1) is 45.3 Å². The Morgan fingerprint density at radius 3 is 1.67 bits per heavy atom. The maximum absolute atomic E-state index is 5.02. The van der Waals surface area contributed by atoms with E-state index in [-0.39, 0.29) is 0 Å². The van der Waals surface area contributed by atoms with Crippen molar-refractivity contribution in [2.24, 2.45) is 0 Å². The first-order valence-corrected chi connectivity index (χ1v) is 22.5. The van der Waals surface area contributed by atoms with E-state index in [1.165, 1.54) is 89.3 Å². The Labute approximate surface area is 269 Å². The van der Waals surface area contributed by atoms with Crippen molar-refractivity contribution in [3.63, 3.8) is 0 Å². The number of unbranched alkanes of at least 4 members (excludes halogenated alkanes) is 6. The Balaban J connectivity index is 1.58. The molecule has 0 aliphatic heterocycles. The third kappa shape index (κ3) is 8.02. The standard InChI is InChI=1S/C30H40Br2N2S4Si/c1-7-9-11-13-15-20-17-22(35-19(20)3)28-33-26(31)24(37-28)25-27(32)34-29(38-25)23-18-21(16-14-12-10-8-2)30(36-23)39(4,5)6/h17-18H,7-16H2,1-6H3. The van der Waals surface area contributed by atoms with E-state index in [2.05, 4.69) is 84.4 Å². The first-order valence-electron chi connectivity index (χ1n) is 14.2. The second-order valence-electron chi connectivity index (χ2n) is 11.3. The number of aryl methyl sites for hydroxylation is 3. The van der Waals surface area contributed by atoms with E-state index in [0.29, 0.717) is 0 Å². The van der Waals surface area contributed by atoms with Crippen LogP contribution in [0.15, 0.2) is 21.3 Å². The molecule has 0 amide bonds. The summed E-state index contributed by atoms with van der Waals surface area (Å²) in [5.41, 5.74) is 3.06. The molecule has 2 nitrogen and oxygen atoms in total. The highest BCUT2D eigenvalue weighted by atomic mass is 79.9. The lowest BCUT2D eigenvalue weighted by Crippen LogP contribution is -2.37. The van der Waals surface area contributed by atoms with Crippen molar-refractivity contribution in [2.45, 2.75) is 105 Å². The van der Waals surface area contributed by atoms with Gasteiger partial charge in [-0.1, -0.05) is 72.0 Å². The molecule has 0 N–H and O–H groups in total. The van der Waals surface area contributed by atoms with E-state index in [9.17, 15) is 0 Å². The Hall–Kier alpha value is -0.163. The molecule has 4 aromatic heterocycles. The monoisotopic (exact) mass is 742 g/mol. The van der Waals surface area contributed by atoms with Crippen LogP contribution in [0.25, 0.3) is 29.5 Å². The molecule has 0 spiro atoms. The molecule has 4 rings (SSSR count). The van der Waals surface area contributed by atoms with Crippen LogP contribution in [-0.4, -0.2) is 18.0 Å². The summed E-state index contributed by atoms with van der Waals surface area (Å²) in [6.45, 7) is 14.2. The second-order valence-corrected chi connectivity index (χ2v) is 22.5. The molecule has 9 heteroatoms. The molecule has 4 aromatic rings. The van der Waals surface area contributed by atoms with Crippen molar-refractivity contribution in [1.82, 2.24) is 9.97 Å². The topological polar surface area (TPSA) is 25.8 Å². The van der Waals surface area contributed by atoms with Crippen LogP contribution in [0.5, 0.6) is 0 Å². The molecule has 4 heterocycles. The van der Waals surface area contributed by atoms with Crippen molar-refractivity contribution >= 4 is 89.8 Å². The second kappa shape index (κ2) is 14.3. The van der Waals surface area contributed by atoms with E-state index < -0.39 is 8.07 Å². The fourth-order valence-corrected chi connectivity index (χ4v) is 13.4. The van der Waals surface area contributed by atoms with Crippen LogP contribution >= 0.6 is 77.2 Å². The number of rotatable bonds is 14. The molecule has 0 bridgehead atoms. The lowest BCUT2D eigenvalue weighted by atomic mass is 10.1. The molecular formula is C30H40Br2N2S4Si. The van der Waals surface area contributed by atoms with Gasteiger partial charge in [-0.2, -0.15) is 0 Å². The Morgan fingerprint density at radius 2 is 1.15 bits per heavy atom. The van der Waals surface area contributed by atoms with Crippen LogP contribution in [-0.2, 0) is 12.8 Å². The maximum atomic E-state index is 5.02. The number of hydrogen-bond acceptors (Lipinski definition) is 6. The SMILES string of the molecule is CCCCCCc1cc(-c2nc(Br)c(-c3sc(-c4cc(CCCCCC)c([Si](C)(C)C)s4)nc3Br)s2)sc1C. The van der Waals surface area contributed by atoms with Crippen LogP contribution in [0.2, 0.25) is 19.6 Å². The first kappa shape index (κ1) is 31.8. The van der Waals surface area contributed by atoms with E-state index in [0.717, 1.165) is 24.1 Å². The zero-order valence-electron chi connectivity index (χ0n) is 24.0. The Bertz CT molecular complexity index is 1380. The maximum Gasteiger partial charge on any atom is 0.135 e. The molecule has 0 saturated heterocycles. The van der Waals surface area contributed by atoms with Gasteiger partial charge in [0.2, 0.25) is 0 Å². The molecule has 39 heavy (non-hydrogen) atoms. The lowest BCUT2D eigenvalue weighted by molar-refractivity contribution is 0.666. The molecule has 0 aliphatic rings. The number of halogens is 2. The smallest absolute Gasteiger partial charge is 0.135 e. The highest BCUT2D eigenvalue weighted by Crippen LogP contribution is 2.47. The van der Waals surface area contributed by atoms with Crippen molar-refractivity contribution < 1.29 is 0 Å². The quantitative estimate of drug-likeness (QED) is 0.0949. The van der Waals surface area contributed by atoms with Crippen LogP contribution in [0.1, 0.15) is 81.2 Å². The number of nitrogens with zero attached hydrogens (tertiary/aromatic N) is 2. The molecule has 0 radical (unpaired) electrons. The highest BCUT2D eigenvalue weighted by molar-refractivity contribution is 9.11. The van der Waals surface area contributed by atoms with E-state index >= 15 is 0 Å². The summed E-state index contributed by atoms with van der Waals surface area (Å²) in [6.07, 6.45) is 12.8. The van der Waals surface area contributed by atoms with Crippen LogP contribution in [0.3, 0.4) is 0 Å². The van der Waals surface area contributed by atoms with Gasteiger partial charge in [-0.3, -0.25) is 0 Å². The van der Waals surface area contributed by atoms with Gasteiger partial charge in [0.05, 0.1) is 27.6 Å². The molecule has 0 aliphatic carbocycles. The third-order valence-electron chi connectivity index (χ3n) is 6.91. The van der Waals surface area contributed by atoms with E-state index in [4.69, 9.17) is 9.97 Å². The number of thiophene rings is 2.